The first-order valence-electron chi connectivity index (χ1n) is 18.4. The van der Waals surface area contributed by atoms with Crippen LogP contribution in [0.3, 0.4) is 0 Å². The first-order valence-corrected chi connectivity index (χ1v) is 21.8. The van der Waals surface area contributed by atoms with Crippen molar-refractivity contribution in [3.63, 3.8) is 0 Å². The molecular weight excluding hydrogens is 495 g/mol. The Labute approximate surface area is 252 Å². The van der Waals surface area contributed by atoms with Gasteiger partial charge in [-0.25, -0.2) is 0 Å². The van der Waals surface area contributed by atoms with Crippen molar-refractivity contribution in [1.82, 2.24) is 0 Å². The Bertz CT molecular complexity index is 363. The van der Waals surface area contributed by atoms with Gasteiger partial charge in [-0.3, -0.25) is 10.0 Å². The highest BCUT2D eigenvalue weighted by Gasteiger charge is 2.13. The summed E-state index contributed by atoms with van der Waals surface area (Å²) in [5, 5.41) is 2.78. The lowest BCUT2D eigenvalue weighted by atomic mass is 10.0. The van der Waals surface area contributed by atoms with Crippen LogP contribution in [0.2, 0.25) is 10.6 Å². The molecule has 0 aliphatic carbocycles. The maximum atomic E-state index is 6.75. The summed E-state index contributed by atoms with van der Waals surface area (Å²) >= 11 is -0.916. The first kappa shape index (κ1) is 38.8. The van der Waals surface area contributed by atoms with Crippen LogP contribution in [0.4, 0.5) is 0 Å². The summed E-state index contributed by atoms with van der Waals surface area (Å²) in [7, 11) is 6.75. The van der Waals surface area contributed by atoms with E-state index in [2.05, 4.69) is 13.8 Å². The largest absolute Gasteiger partial charge is 0.399 e. The van der Waals surface area contributed by atoms with Crippen LogP contribution >= 0.6 is 10.0 Å². The molecule has 0 aromatic heterocycles. The minimum absolute atomic E-state index is 0.916. The topological polar surface area (TPSA) is 0 Å². The SMILES string of the molecule is CCCCCCCCCCCCCCCCC[CH2][Al]([Cl])[CH2]CCCCCCCCCCCCCCCCC. The third-order valence-electron chi connectivity index (χ3n) is 8.74. The standard InChI is InChI=1S/2C18H37.Al.ClH/c2*1-3-5-7-9-11-13-15-17-18-16-14-12-10-8-6-4-2;;/h2*1,3-18H2,2H3;;1H/q;;+1;/p-1. The summed E-state index contributed by atoms with van der Waals surface area (Å²) in [6, 6.07) is 0. The van der Waals surface area contributed by atoms with Crippen molar-refractivity contribution < 1.29 is 0 Å². The van der Waals surface area contributed by atoms with Gasteiger partial charge in [-0.05, 0) is 0 Å². The molecule has 0 fully saturated rings. The zero-order valence-corrected chi connectivity index (χ0v) is 28.9. The predicted molar refractivity (Wildman–Crippen MR) is 180 cm³/mol. The zero-order chi connectivity index (χ0) is 27.6. The lowest BCUT2D eigenvalue weighted by Gasteiger charge is -2.06. The zero-order valence-electron chi connectivity index (χ0n) is 27.0. The normalized spacial score (nSPS) is 11.4. The molecule has 0 aromatic rings. The Balaban J connectivity index is 3.13. The smallest absolute Gasteiger partial charge is 0.261 e. The molecule has 0 bridgehead atoms. The highest BCUT2D eigenvalue weighted by atomic mass is 35.6. The van der Waals surface area contributed by atoms with Gasteiger partial charge in [-0.2, -0.15) is 0 Å². The van der Waals surface area contributed by atoms with Gasteiger partial charge in [0.15, 0.2) is 0 Å². The van der Waals surface area contributed by atoms with Gasteiger partial charge in [0.05, 0.1) is 0 Å². The third-order valence-corrected chi connectivity index (χ3v) is 12.1. The molecule has 0 spiro atoms. The summed E-state index contributed by atoms with van der Waals surface area (Å²) in [5.74, 6) is 0. The second kappa shape index (κ2) is 35.8. The highest BCUT2D eigenvalue weighted by Crippen LogP contribution is 2.19. The van der Waals surface area contributed by atoms with Crippen LogP contribution in [-0.2, 0) is 0 Å². The van der Waals surface area contributed by atoms with E-state index < -0.39 is 13.2 Å². The van der Waals surface area contributed by atoms with E-state index in [0.29, 0.717) is 0 Å². The monoisotopic (exact) mass is 569 g/mol. The Hall–Kier alpha value is 0.822. The molecule has 0 atom stereocenters. The van der Waals surface area contributed by atoms with Gasteiger partial charge >= 0.3 is 13.2 Å². The van der Waals surface area contributed by atoms with E-state index in [1.165, 1.54) is 216 Å². The fourth-order valence-corrected chi connectivity index (χ4v) is 8.65. The number of rotatable bonds is 34. The van der Waals surface area contributed by atoms with Gasteiger partial charge in [-0.1, -0.05) is 230 Å². The molecule has 0 N–H and O–H groups in total. The van der Waals surface area contributed by atoms with Gasteiger partial charge in [-0.15, -0.1) is 0 Å². The van der Waals surface area contributed by atoms with Gasteiger partial charge in [0, 0.05) is 0 Å². The van der Waals surface area contributed by atoms with Crippen LogP contribution in [0.1, 0.15) is 219 Å². The van der Waals surface area contributed by atoms with E-state index in [-0.39, 0.29) is 0 Å². The fraction of sp³-hybridized carbons (Fsp3) is 1.00. The van der Waals surface area contributed by atoms with E-state index in [1.54, 1.807) is 0 Å². The first-order chi connectivity index (χ1) is 18.8. The summed E-state index contributed by atoms with van der Waals surface area (Å²) in [6.45, 7) is 4.61. The molecule has 0 unspecified atom stereocenters. The second-order valence-corrected chi connectivity index (χ2v) is 17.0. The summed E-state index contributed by atoms with van der Waals surface area (Å²) in [6.07, 6.45) is 46.7. The molecule has 0 radical (unpaired) electrons. The molecule has 0 nitrogen and oxygen atoms in total. The molecule has 0 aliphatic rings. The minimum atomic E-state index is -0.916. The predicted octanol–water partition coefficient (Wildman–Crippen LogP) is 14.7. The van der Waals surface area contributed by atoms with E-state index in [4.69, 9.17) is 10.0 Å². The molecule has 0 amide bonds. The van der Waals surface area contributed by atoms with Crippen molar-refractivity contribution in [2.24, 2.45) is 0 Å². The number of hydrogen-bond acceptors (Lipinski definition) is 0. The minimum Gasteiger partial charge on any atom is -0.261 e. The molecule has 38 heavy (non-hydrogen) atoms. The molecule has 0 rings (SSSR count). The van der Waals surface area contributed by atoms with E-state index in [0.717, 1.165) is 0 Å². The number of hydrogen-bond donors (Lipinski definition) is 0. The number of halogens is 1. The Morgan fingerprint density at radius 1 is 0.263 bits per heavy atom. The maximum absolute atomic E-state index is 6.75. The van der Waals surface area contributed by atoms with Crippen molar-refractivity contribution in [3.05, 3.63) is 0 Å². The Kier molecular flexibility index (Phi) is 36.6. The van der Waals surface area contributed by atoms with Crippen molar-refractivity contribution in [2.75, 3.05) is 0 Å². The third kappa shape index (κ3) is 34.8. The van der Waals surface area contributed by atoms with E-state index in [9.17, 15) is 0 Å². The van der Waals surface area contributed by atoms with Gasteiger partial charge in [0.25, 0.3) is 0 Å². The van der Waals surface area contributed by atoms with Crippen LogP contribution < -0.4 is 0 Å². The average molecular weight is 569 g/mol. The highest BCUT2D eigenvalue weighted by molar-refractivity contribution is 7.06. The molecular formula is C36H74AlCl. The average Bonchev–Trinajstić information content (AvgIpc) is 2.92. The lowest BCUT2D eigenvalue weighted by molar-refractivity contribution is 0.531. The van der Waals surface area contributed by atoms with Gasteiger partial charge in [0.1, 0.15) is 0 Å². The summed E-state index contributed by atoms with van der Waals surface area (Å²) in [5.41, 5.74) is 0. The molecule has 0 saturated heterocycles. The lowest BCUT2D eigenvalue weighted by Crippen LogP contribution is -2.02. The van der Waals surface area contributed by atoms with Crippen molar-refractivity contribution in [1.29, 1.82) is 0 Å². The number of unbranched alkanes of at least 4 members (excludes halogenated alkanes) is 30. The van der Waals surface area contributed by atoms with Crippen LogP contribution in [0.5, 0.6) is 0 Å². The van der Waals surface area contributed by atoms with E-state index >= 15 is 0 Å². The van der Waals surface area contributed by atoms with Crippen LogP contribution in [-0.4, -0.2) is 13.2 Å². The van der Waals surface area contributed by atoms with Crippen LogP contribution in [0.15, 0.2) is 0 Å². The van der Waals surface area contributed by atoms with Crippen LogP contribution in [0.25, 0.3) is 0 Å². The molecule has 0 saturated carbocycles. The summed E-state index contributed by atoms with van der Waals surface area (Å²) < 4.78 is 0. The summed E-state index contributed by atoms with van der Waals surface area (Å²) in [4.78, 5) is 0. The van der Waals surface area contributed by atoms with Gasteiger partial charge < -0.3 is 0 Å². The van der Waals surface area contributed by atoms with Crippen molar-refractivity contribution in [3.8, 4) is 0 Å². The molecule has 0 heterocycles. The maximum Gasteiger partial charge on any atom is 0.399 e. The Morgan fingerprint density at radius 2 is 0.421 bits per heavy atom. The molecule has 228 valence electrons. The molecule has 2 heteroatoms. The molecule has 0 aromatic carbocycles. The van der Waals surface area contributed by atoms with Gasteiger partial charge in [0.2, 0.25) is 0 Å². The van der Waals surface area contributed by atoms with Crippen molar-refractivity contribution >= 4 is 23.3 Å². The Morgan fingerprint density at radius 3 is 0.605 bits per heavy atom. The van der Waals surface area contributed by atoms with Crippen molar-refractivity contribution in [2.45, 2.75) is 230 Å². The quantitative estimate of drug-likeness (QED) is 0.0534. The second-order valence-electron chi connectivity index (χ2n) is 12.8. The molecule has 0 aliphatic heterocycles. The van der Waals surface area contributed by atoms with E-state index in [1.807, 2.05) is 0 Å². The fourth-order valence-electron chi connectivity index (χ4n) is 5.97. The van der Waals surface area contributed by atoms with Crippen LogP contribution in [0, 0.1) is 0 Å².